The minimum absolute atomic E-state index is 0.313. The Balaban J connectivity index is 2.58. The highest BCUT2D eigenvalue weighted by atomic mass is 79.9. The van der Waals surface area contributed by atoms with Crippen LogP contribution in [-0.4, -0.2) is 11.2 Å². The second-order valence-electron chi connectivity index (χ2n) is 3.01. The fourth-order valence-electron chi connectivity index (χ4n) is 1.21. The molecular weight excluding hydrogens is 228 g/mol. The van der Waals surface area contributed by atoms with Crippen molar-refractivity contribution in [2.24, 2.45) is 0 Å². The molecule has 0 saturated heterocycles. The predicted octanol–water partition coefficient (Wildman–Crippen LogP) is 2.93. The van der Waals surface area contributed by atoms with Crippen molar-refractivity contribution >= 4 is 15.9 Å². The molecule has 1 atom stereocenters. The van der Waals surface area contributed by atoms with Crippen LogP contribution >= 0.6 is 15.9 Å². The molecule has 0 amide bonds. The van der Waals surface area contributed by atoms with Crippen LogP contribution in [0.5, 0.6) is 0 Å². The van der Waals surface area contributed by atoms with Crippen LogP contribution < -0.4 is 0 Å². The first-order valence-electron chi connectivity index (χ1n) is 4.26. The minimum Gasteiger partial charge on any atom is -0.392 e. The third-order valence-electron chi connectivity index (χ3n) is 1.80. The Kier molecular flexibility index (Phi) is 4.19. The largest absolute Gasteiger partial charge is 0.392 e. The lowest BCUT2D eigenvalue weighted by molar-refractivity contribution is 0.178. The summed E-state index contributed by atoms with van der Waals surface area (Å²) >= 11 is 3.39. The fraction of sp³-hybridized carbons (Fsp3) is 0.273. The Hall–Kier alpha value is -0.600. The zero-order chi connectivity index (χ0) is 9.68. The van der Waals surface area contributed by atoms with Gasteiger partial charge in [-0.3, -0.25) is 0 Å². The van der Waals surface area contributed by atoms with Crippen molar-refractivity contribution in [3.63, 3.8) is 0 Å². The molecule has 1 N–H and O–H groups in total. The molecule has 0 spiro atoms. The van der Waals surface area contributed by atoms with E-state index in [1.165, 1.54) is 0 Å². The highest BCUT2D eigenvalue weighted by Crippen LogP contribution is 2.13. The van der Waals surface area contributed by atoms with Crippen molar-refractivity contribution in [2.75, 3.05) is 0 Å². The first kappa shape index (κ1) is 10.5. The van der Waals surface area contributed by atoms with E-state index in [0.717, 1.165) is 10.0 Å². The smallest absolute Gasteiger partial charge is 0.0614 e. The monoisotopic (exact) mass is 240 g/mol. The lowest BCUT2D eigenvalue weighted by atomic mass is 10.1. The van der Waals surface area contributed by atoms with Crippen molar-refractivity contribution < 1.29 is 5.11 Å². The van der Waals surface area contributed by atoms with E-state index < -0.39 is 0 Å². The van der Waals surface area contributed by atoms with Crippen LogP contribution in [0.15, 0.2) is 41.4 Å². The van der Waals surface area contributed by atoms with E-state index in [-0.39, 0.29) is 6.10 Å². The van der Waals surface area contributed by atoms with Gasteiger partial charge < -0.3 is 5.11 Å². The first-order valence-corrected chi connectivity index (χ1v) is 5.05. The summed E-state index contributed by atoms with van der Waals surface area (Å²) in [5, 5.41) is 9.51. The zero-order valence-corrected chi connectivity index (χ0v) is 9.00. The Morgan fingerprint density at radius 3 is 2.92 bits per heavy atom. The number of benzene rings is 1. The molecule has 13 heavy (non-hydrogen) atoms. The molecule has 1 unspecified atom stereocenters. The average Bonchev–Trinajstić information content (AvgIpc) is 2.04. The van der Waals surface area contributed by atoms with Crippen molar-refractivity contribution in [1.29, 1.82) is 0 Å². The third-order valence-corrected chi connectivity index (χ3v) is 2.29. The molecule has 1 aromatic rings. The van der Waals surface area contributed by atoms with Gasteiger partial charge in [-0.15, -0.1) is 6.58 Å². The molecule has 70 valence electrons. The van der Waals surface area contributed by atoms with E-state index >= 15 is 0 Å². The minimum atomic E-state index is -0.313. The van der Waals surface area contributed by atoms with E-state index in [9.17, 15) is 5.11 Å². The topological polar surface area (TPSA) is 20.2 Å². The summed E-state index contributed by atoms with van der Waals surface area (Å²) in [6, 6.07) is 7.98. The second kappa shape index (κ2) is 5.20. The van der Waals surface area contributed by atoms with E-state index in [1.807, 2.05) is 24.3 Å². The van der Waals surface area contributed by atoms with E-state index in [2.05, 4.69) is 22.5 Å². The molecule has 0 heterocycles. The molecule has 0 aromatic heterocycles. The van der Waals surface area contributed by atoms with Gasteiger partial charge >= 0.3 is 0 Å². The van der Waals surface area contributed by atoms with Crippen molar-refractivity contribution in [2.45, 2.75) is 18.9 Å². The summed E-state index contributed by atoms with van der Waals surface area (Å²) in [5.41, 5.74) is 1.14. The van der Waals surface area contributed by atoms with Gasteiger partial charge in [0.15, 0.2) is 0 Å². The van der Waals surface area contributed by atoms with Gasteiger partial charge in [0.25, 0.3) is 0 Å². The fourth-order valence-corrected chi connectivity index (χ4v) is 1.66. The van der Waals surface area contributed by atoms with Gasteiger partial charge in [-0.2, -0.15) is 0 Å². The highest BCUT2D eigenvalue weighted by Gasteiger charge is 2.02. The third kappa shape index (κ3) is 3.75. The molecule has 2 heteroatoms. The van der Waals surface area contributed by atoms with Crippen LogP contribution in [0.4, 0.5) is 0 Å². The summed E-state index contributed by atoms with van der Waals surface area (Å²) < 4.78 is 1.05. The van der Waals surface area contributed by atoms with Gasteiger partial charge in [0, 0.05) is 4.47 Å². The molecule has 1 rings (SSSR count). The van der Waals surface area contributed by atoms with Crippen molar-refractivity contribution in [1.82, 2.24) is 0 Å². The van der Waals surface area contributed by atoms with Crippen LogP contribution in [-0.2, 0) is 6.42 Å². The van der Waals surface area contributed by atoms with Crippen LogP contribution in [0.3, 0.4) is 0 Å². The average molecular weight is 241 g/mol. The summed E-state index contributed by atoms with van der Waals surface area (Å²) in [6.07, 6.45) is 2.76. The predicted molar refractivity (Wildman–Crippen MR) is 58.7 cm³/mol. The molecule has 0 aliphatic carbocycles. The maximum atomic E-state index is 9.51. The number of halogens is 1. The maximum Gasteiger partial charge on any atom is 0.0614 e. The SMILES string of the molecule is C=CCC(O)Cc1cccc(Br)c1. The maximum absolute atomic E-state index is 9.51. The summed E-state index contributed by atoms with van der Waals surface area (Å²) in [7, 11) is 0. The van der Waals surface area contributed by atoms with Gasteiger partial charge in [-0.1, -0.05) is 34.1 Å². The van der Waals surface area contributed by atoms with E-state index in [0.29, 0.717) is 12.8 Å². The standard InChI is InChI=1S/C11H13BrO/c1-2-4-11(13)8-9-5-3-6-10(12)7-9/h2-3,5-7,11,13H,1,4,8H2. The Morgan fingerprint density at radius 2 is 2.31 bits per heavy atom. The molecule has 1 aromatic carbocycles. The molecule has 1 nitrogen and oxygen atoms in total. The Morgan fingerprint density at radius 1 is 1.54 bits per heavy atom. The van der Waals surface area contributed by atoms with Gasteiger partial charge in [0.1, 0.15) is 0 Å². The number of aliphatic hydroxyl groups excluding tert-OH is 1. The van der Waals surface area contributed by atoms with Crippen LogP contribution in [0, 0.1) is 0 Å². The number of hydrogen-bond acceptors (Lipinski definition) is 1. The molecule has 0 saturated carbocycles. The molecule has 0 aliphatic rings. The normalized spacial score (nSPS) is 12.5. The van der Waals surface area contributed by atoms with Crippen molar-refractivity contribution in [3.8, 4) is 0 Å². The van der Waals surface area contributed by atoms with Gasteiger partial charge in [-0.25, -0.2) is 0 Å². The number of aliphatic hydroxyl groups is 1. The molecule has 0 fully saturated rings. The van der Waals surface area contributed by atoms with Gasteiger partial charge in [-0.05, 0) is 30.5 Å². The second-order valence-corrected chi connectivity index (χ2v) is 3.93. The highest BCUT2D eigenvalue weighted by molar-refractivity contribution is 9.10. The molecular formula is C11H13BrO. The van der Waals surface area contributed by atoms with E-state index in [4.69, 9.17) is 0 Å². The zero-order valence-electron chi connectivity index (χ0n) is 7.41. The summed E-state index contributed by atoms with van der Waals surface area (Å²) in [6.45, 7) is 3.59. The van der Waals surface area contributed by atoms with Gasteiger partial charge in [0.05, 0.1) is 6.10 Å². The number of hydrogen-bond donors (Lipinski definition) is 1. The summed E-state index contributed by atoms with van der Waals surface area (Å²) in [4.78, 5) is 0. The van der Waals surface area contributed by atoms with Gasteiger partial charge in [0.2, 0.25) is 0 Å². The van der Waals surface area contributed by atoms with Crippen LogP contribution in [0.1, 0.15) is 12.0 Å². The van der Waals surface area contributed by atoms with Crippen molar-refractivity contribution in [3.05, 3.63) is 47.0 Å². The number of rotatable bonds is 4. The molecule has 0 radical (unpaired) electrons. The van der Waals surface area contributed by atoms with Crippen LogP contribution in [0.25, 0.3) is 0 Å². The Labute approximate surface area is 87.2 Å². The molecule has 0 aliphatic heterocycles. The quantitative estimate of drug-likeness (QED) is 0.803. The van der Waals surface area contributed by atoms with Crippen LogP contribution in [0.2, 0.25) is 0 Å². The Bertz CT molecular complexity index is 283. The molecule has 0 bridgehead atoms. The summed E-state index contributed by atoms with van der Waals surface area (Å²) in [5.74, 6) is 0. The van der Waals surface area contributed by atoms with E-state index in [1.54, 1.807) is 6.08 Å². The first-order chi connectivity index (χ1) is 6.22. The lowest BCUT2D eigenvalue weighted by Gasteiger charge is -2.07. The lowest BCUT2D eigenvalue weighted by Crippen LogP contribution is -2.08.